The average molecular weight is 621 g/mol. The van der Waals surface area contributed by atoms with E-state index in [0.717, 1.165) is 11.3 Å². The fourth-order valence-corrected chi connectivity index (χ4v) is 7.19. The third kappa shape index (κ3) is 4.00. The highest BCUT2D eigenvalue weighted by molar-refractivity contribution is 7.14. The maximum atomic E-state index is 13.8. The number of hydrogen-bond donors (Lipinski definition) is 7. The van der Waals surface area contributed by atoms with Gasteiger partial charge in [0.2, 0.25) is 5.78 Å². The number of primary amides is 1. The Morgan fingerprint density at radius 3 is 2.61 bits per heavy atom. The monoisotopic (exact) mass is 620 g/mol. The number of phenols is 1. The van der Waals surface area contributed by atoms with Gasteiger partial charge in [0.25, 0.3) is 11.6 Å². The maximum Gasteiger partial charge on any atom is 0.270 e. The highest BCUT2D eigenvalue weighted by Crippen LogP contribution is 2.56. The number of carbonyl (C=O) groups is 3. The third-order valence-electron chi connectivity index (χ3n) is 8.60. The Hall–Kier alpha value is -5.12. The van der Waals surface area contributed by atoms with Crippen LogP contribution in [0.15, 0.2) is 58.7 Å². The summed E-state index contributed by atoms with van der Waals surface area (Å²) in [7, 11) is 0. The number of nitrogens with zero attached hydrogens (tertiary/aromatic N) is 2. The number of nitro benzene ring substituents is 1. The second kappa shape index (κ2) is 9.97. The smallest absolute Gasteiger partial charge is 0.270 e. The zero-order chi connectivity index (χ0) is 31.8. The first-order valence-corrected chi connectivity index (χ1v) is 14.1. The van der Waals surface area contributed by atoms with E-state index in [1.54, 1.807) is 24.4 Å². The molecular weight excluding hydrogens is 596 g/mol. The first kappa shape index (κ1) is 29.0. The van der Waals surface area contributed by atoms with Crippen LogP contribution in [0.2, 0.25) is 0 Å². The predicted molar refractivity (Wildman–Crippen MR) is 155 cm³/mol. The van der Waals surface area contributed by atoms with E-state index in [1.807, 2.05) is 0 Å². The number of phenolic OH excluding ortho intramolecular Hbond substituents is 1. The minimum Gasteiger partial charge on any atom is -0.508 e. The van der Waals surface area contributed by atoms with Crippen LogP contribution in [0.1, 0.15) is 30.4 Å². The number of aromatic hydroxyl groups is 1. The number of rotatable bonds is 5. The summed E-state index contributed by atoms with van der Waals surface area (Å²) >= 11 is 1.14. The first-order chi connectivity index (χ1) is 20.8. The van der Waals surface area contributed by atoms with Crippen LogP contribution in [-0.4, -0.2) is 64.6 Å². The molecule has 3 aliphatic carbocycles. The quantitative estimate of drug-likeness (QED) is 0.0942. The van der Waals surface area contributed by atoms with Crippen LogP contribution in [-0.2, 0) is 14.4 Å². The van der Waals surface area contributed by atoms with Crippen molar-refractivity contribution in [2.75, 3.05) is 5.32 Å². The minimum atomic E-state index is -2.93. The molecule has 0 spiro atoms. The summed E-state index contributed by atoms with van der Waals surface area (Å²) in [5, 5.41) is 72.2. The lowest BCUT2D eigenvalue weighted by molar-refractivity contribution is -0.384. The molecule has 1 heterocycles. The van der Waals surface area contributed by atoms with Crippen molar-refractivity contribution < 1.29 is 44.8 Å². The molecule has 2 aromatic carbocycles. The molecule has 1 fully saturated rings. The molecule has 44 heavy (non-hydrogen) atoms. The van der Waals surface area contributed by atoms with Crippen molar-refractivity contribution in [3.05, 3.63) is 79.9 Å². The van der Waals surface area contributed by atoms with Gasteiger partial charge in [0.1, 0.15) is 22.8 Å². The number of aliphatic hydroxyl groups is 4. The lowest BCUT2D eigenvalue weighted by Gasteiger charge is -2.50. The van der Waals surface area contributed by atoms with E-state index in [2.05, 4.69) is 10.3 Å². The number of nitro groups is 1. The van der Waals surface area contributed by atoms with Crippen LogP contribution in [0.5, 0.6) is 5.75 Å². The average Bonchev–Trinajstić information content (AvgIpc) is 3.45. The molecule has 1 saturated carbocycles. The molecule has 6 rings (SSSR count). The summed E-state index contributed by atoms with van der Waals surface area (Å²) in [6.45, 7) is 1.63. The molecule has 0 radical (unpaired) electrons. The Balaban J connectivity index is 1.41. The normalized spacial score (nSPS) is 26.2. The van der Waals surface area contributed by atoms with Crippen LogP contribution in [0.25, 0.3) is 17.0 Å². The zero-order valence-corrected chi connectivity index (χ0v) is 23.5. The van der Waals surface area contributed by atoms with Gasteiger partial charge in [0.15, 0.2) is 16.5 Å². The van der Waals surface area contributed by atoms with Crippen LogP contribution in [0.3, 0.4) is 0 Å². The summed E-state index contributed by atoms with van der Waals surface area (Å²) < 4.78 is 0. The fraction of sp³-hybridized carbons (Fsp3) is 0.241. The van der Waals surface area contributed by atoms with E-state index in [0.29, 0.717) is 16.8 Å². The SMILES string of the molecule is C[C@H]1c2ccc(Nc3nc(-c4cccc([N+](=O)[O-])c4)cs3)c(O)c2C(O)=C2C(=O)[C@]3(O)C(O)=C(C(N)=O)C(=O)C[C@@H]3[C@@H](O)[C@@H]21. The second-order valence-corrected chi connectivity index (χ2v) is 11.7. The van der Waals surface area contributed by atoms with Gasteiger partial charge in [-0.3, -0.25) is 24.5 Å². The molecule has 14 nitrogen and oxygen atoms in total. The Morgan fingerprint density at radius 2 is 1.93 bits per heavy atom. The van der Waals surface area contributed by atoms with Gasteiger partial charge < -0.3 is 36.6 Å². The van der Waals surface area contributed by atoms with Gasteiger partial charge in [0, 0.05) is 46.9 Å². The van der Waals surface area contributed by atoms with Gasteiger partial charge in [-0.1, -0.05) is 25.1 Å². The molecule has 3 aliphatic rings. The molecule has 0 unspecified atom stereocenters. The lowest BCUT2D eigenvalue weighted by Crippen LogP contribution is -2.63. The molecule has 5 atom stereocenters. The van der Waals surface area contributed by atoms with Crippen LogP contribution >= 0.6 is 11.3 Å². The molecule has 3 aromatic rings. The Morgan fingerprint density at radius 1 is 1.20 bits per heavy atom. The molecule has 0 saturated heterocycles. The Labute approximate surface area is 251 Å². The second-order valence-electron chi connectivity index (χ2n) is 10.9. The summed E-state index contributed by atoms with van der Waals surface area (Å²) in [5.41, 5.74) is 1.90. The molecule has 0 aliphatic heterocycles. The van der Waals surface area contributed by atoms with Crippen LogP contribution < -0.4 is 11.1 Å². The predicted octanol–water partition coefficient (Wildman–Crippen LogP) is 2.73. The minimum absolute atomic E-state index is 0.0731. The van der Waals surface area contributed by atoms with E-state index in [9.17, 15) is 50.0 Å². The maximum absolute atomic E-state index is 13.8. The number of benzene rings is 2. The summed E-state index contributed by atoms with van der Waals surface area (Å²) in [4.78, 5) is 53.3. The van der Waals surface area contributed by atoms with E-state index in [1.165, 1.54) is 24.3 Å². The summed E-state index contributed by atoms with van der Waals surface area (Å²) in [6.07, 6.45) is -2.28. The Kier molecular flexibility index (Phi) is 6.57. The third-order valence-corrected chi connectivity index (χ3v) is 9.36. The molecule has 8 N–H and O–H groups in total. The number of anilines is 2. The largest absolute Gasteiger partial charge is 0.508 e. The molecule has 1 amide bonds. The molecule has 15 heteroatoms. The number of thiazole rings is 1. The first-order valence-electron chi connectivity index (χ1n) is 13.3. The number of carbonyl (C=O) groups excluding carboxylic acids is 3. The van der Waals surface area contributed by atoms with E-state index in [-0.39, 0.29) is 22.1 Å². The number of Topliss-reactive ketones (excluding diaryl/α,β-unsaturated/α-hetero) is 2. The van der Waals surface area contributed by atoms with Gasteiger partial charge in [-0.25, -0.2) is 4.98 Å². The molecule has 1 aromatic heterocycles. The van der Waals surface area contributed by atoms with Crippen molar-refractivity contribution in [3.8, 4) is 17.0 Å². The van der Waals surface area contributed by atoms with Crippen molar-refractivity contribution in [1.82, 2.24) is 4.98 Å². The van der Waals surface area contributed by atoms with Crippen LogP contribution in [0.4, 0.5) is 16.5 Å². The highest BCUT2D eigenvalue weighted by atomic mass is 32.1. The number of non-ortho nitro benzene ring substituents is 1. The topological polar surface area (TPSA) is 246 Å². The Bertz CT molecular complexity index is 1880. The van der Waals surface area contributed by atoms with Gasteiger partial charge in [-0.05, 0) is 17.5 Å². The lowest BCUT2D eigenvalue weighted by atomic mass is 9.55. The number of nitrogens with one attached hydrogen (secondary N) is 1. The summed E-state index contributed by atoms with van der Waals surface area (Å²) in [5.74, 6) is -9.49. The van der Waals surface area contributed by atoms with Crippen molar-refractivity contribution in [1.29, 1.82) is 0 Å². The number of hydrogen-bond acceptors (Lipinski definition) is 13. The fourth-order valence-electron chi connectivity index (χ4n) is 6.46. The van der Waals surface area contributed by atoms with E-state index < -0.39 is 86.7 Å². The molecule has 226 valence electrons. The van der Waals surface area contributed by atoms with Gasteiger partial charge in [-0.2, -0.15) is 0 Å². The van der Waals surface area contributed by atoms with Crippen molar-refractivity contribution >= 4 is 51.1 Å². The number of nitrogens with two attached hydrogens (primary N) is 1. The van der Waals surface area contributed by atoms with Crippen molar-refractivity contribution in [3.63, 3.8) is 0 Å². The summed E-state index contributed by atoms with van der Waals surface area (Å²) in [6, 6.07) is 8.97. The number of amides is 1. The van der Waals surface area contributed by atoms with E-state index >= 15 is 0 Å². The molecular formula is C29H24N4O10S. The van der Waals surface area contributed by atoms with Gasteiger partial charge >= 0.3 is 0 Å². The molecule has 0 bridgehead atoms. The number of fused-ring (bicyclic) bond motifs is 3. The zero-order valence-electron chi connectivity index (χ0n) is 22.7. The number of aliphatic hydroxyl groups excluding tert-OH is 3. The highest BCUT2D eigenvalue weighted by Gasteiger charge is 2.64. The van der Waals surface area contributed by atoms with Crippen molar-refractivity contribution in [2.45, 2.75) is 31.0 Å². The number of ketones is 2. The number of aromatic nitrogens is 1. The van der Waals surface area contributed by atoms with Gasteiger partial charge in [0.05, 0.1) is 28.0 Å². The van der Waals surface area contributed by atoms with E-state index in [4.69, 9.17) is 5.73 Å². The standard InChI is InChI=1S/C29H24N4O10S/c1-10-13-5-6-15(31-28-32-16(9-44-28)11-3-2-4-12(7-11)33(42)43)23(36)19(13)24(37)21-18(10)22(35)14-8-17(34)20(27(30)40)25(38)29(14,41)26(21)39/h2-7,9-10,14,18,22,35-38,41H,8H2,1H3,(H2,30,40)(H,31,32)/t10-,14+,18+,22+,29+/m0/s1. The van der Waals surface area contributed by atoms with Crippen LogP contribution in [0, 0.1) is 22.0 Å². The van der Waals surface area contributed by atoms with Crippen molar-refractivity contribution in [2.24, 2.45) is 17.6 Å². The van der Waals surface area contributed by atoms with Gasteiger partial charge in [-0.15, -0.1) is 11.3 Å².